The zero-order valence-electron chi connectivity index (χ0n) is 15.2. The van der Waals surface area contributed by atoms with Gasteiger partial charge in [-0.1, -0.05) is 18.2 Å². The number of amides is 2. The van der Waals surface area contributed by atoms with Gasteiger partial charge in [0.15, 0.2) is 5.82 Å². The van der Waals surface area contributed by atoms with E-state index in [1.54, 1.807) is 34.9 Å². The predicted molar refractivity (Wildman–Crippen MR) is 102 cm³/mol. The maximum atomic E-state index is 12.4. The average molecular weight is 364 g/mol. The van der Waals surface area contributed by atoms with Gasteiger partial charge < -0.3 is 10.6 Å². The third kappa shape index (κ3) is 4.17. The molecule has 2 aromatic heterocycles. The number of fused-ring (bicyclic) bond motifs is 1. The number of benzene rings is 1. The van der Waals surface area contributed by atoms with E-state index in [-0.39, 0.29) is 18.2 Å². The van der Waals surface area contributed by atoms with Gasteiger partial charge in [-0.25, -0.2) is 9.50 Å². The minimum absolute atomic E-state index is 0.0234. The number of carbonyl (C=O) groups excluding carboxylic acids is 2. The van der Waals surface area contributed by atoms with Crippen molar-refractivity contribution in [3.63, 3.8) is 0 Å². The molecule has 2 amide bonds. The van der Waals surface area contributed by atoms with Crippen LogP contribution in [0.2, 0.25) is 0 Å². The van der Waals surface area contributed by atoms with Crippen LogP contribution in [0.1, 0.15) is 27.6 Å². The predicted octanol–water partition coefficient (Wildman–Crippen LogP) is 1.84. The van der Waals surface area contributed by atoms with E-state index < -0.39 is 0 Å². The third-order valence-corrected chi connectivity index (χ3v) is 3.83. The van der Waals surface area contributed by atoms with E-state index in [1.165, 1.54) is 0 Å². The first-order valence-corrected chi connectivity index (χ1v) is 8.46. The number of hydrogen-bond donors (Lipinski definition) is 2. The molecule has 0 aliphatic carbocycles. The Hall–Kier alpha value is -3.55. The monoisotopic (exact) mass is 364 g/mol. The number of aryl methyl sites for hydroxylation is 2. The molecule has 0 aliphatic rings. The molecule has 0 bridgehead atoms. The van der Waals surface area contributed by atoms with Crippen molar-refractivity contribution in [3.05, 3.63) is 65.8 Å². The number of nitrogens with zero attached hydrogens (tertiary/aromatic N) is 4. The molecule has 1 aromatic carbocycles. The lowest BCUT2D eigenvalue weighted by Gasteiger charge is -2.10. The fourth-order valence-corrected chi connectivity index (χ4v) is 2.67. The maximum Gasteiger partial charge on any atom is 0.253 e. The van der Waals surface area contributed by atoms with Crippen molar-refractivity contribution in [3.8, 4) is 0 Å². The molecule has 0 aliphatic heterocycles. The molecule has 8 nitrogen and oxygen atoms in total. The van der Waals surface area contributed by atoms with Crippen LogP contribution < -0.4 is 10.6 Å². The minimum atomic E-state index is -0.316. The molecule has 0 radical (unpaired) electrons. The number of anilines is 1. The zero-order valence-corrected chi connectivity index (χ0v) is 15.2. The summed E-state index contributed by atoms with van der Waals surface area (Å²) in [7, 11) is 0. The minimum Gasteiger partial charge on any atom is -0.349 e. The molecular weight excluding hydrogens is 344 g/mol. The second-order valence-electron chi connectivity index (χ2n) is 6.05. The van der Waals surface area contributed by atoms with Crippen LogP contribution in [-0.2, 0) is 11.2 Å². The molecule has 0 spiro atoms. The summed E-state index contributed by atoms with van der Waals surface area (Å²) in [4.78, 5) is 33.2. The molecular formula is C19H20N6O2. The smallest absolute Gasteiger partial charge is 0.253 e. The van der Waals surface area contributed by atoms with Gasteiger partial charge in [0.1, 0.15) is 0 Å². The van der Waals surface area contributed by atoms with Crippen LogP contribution in [-0.4, -0.2) is 37.9 Å². The van der Waals surface area contributed by atoms with E-state index >= 15 is 0 Å². The van der Waals surface area contributed by atoms with Crippen LogP contribution in [0.25, 0.3) is 5.78 Å². The molecule has 0 fully saturated rings. The third-order valence-electron chi connectivity index (χ3n) is 3.83. The molecule has 0 unspecified atom stereocenters. The molecule has 3 aromatic rings. The fourth-order valence-electron chi connectivity index (χ4n) is 2.67. The lowest BCUT2D eigenvalue weighted by molar-refractivity contribution is -0.115. The van der Waals surface area contributed by atoms with Crippen molar-refractivity contribution < 1.29 is 9.59 Å². The molecule has 8 heteroatoms. The van der Waals surface area contributed by atoms with Crippen LogP contribution in [0.4, 0.5) is 5.69 Å². The Morgan fingerprint density at radius 3 is 2.78 bits per heavy atom. The Kier molecular flexibility index (Phi) is 5.25. The maximum absolute atomic E-state index is 12.4. The average Bonchev–Trinajstić information content (AvgIpc) is 3.02. The topological polar surface area (TPSA) is 101 Å². The van der Waals surface area contributed by atoms with E-state index in [0.29, 0.717) is 29.4 Å². The summed E-state index contributed by atoms with van der Waals surface area (Å²) in [6.45, 7) is 7.69. The Morgan fingerprint density at radius 2 is 2.00 bits per heavy atom. The molecule has 0 saturated heterocycles. The van der Waals surface area contributed by atoms with Gasteiger partial charge in [-0.15, -0.1) is 11.7 Å². The normalized spacial score (nSPS) is 10.6. The number of aromatic nitrogens is 4. The highest BCUT2D eigenvalue weighted by Crippen LogP contribution is 2.15. The number of hydrogen-bond acceptors (Lipinski definition) is 5. The Labute approximate surface area is 156 Å². The Morgan fingerprint density at radius 1 is 1.22 bits per heavy atom. The van der Waals surface area contributed by atoms with E-state index in [1.807, 2.05) is 19.9 Å². The van der Waals surface area contributed by atoms with Crippen molar-refractivity contribution >= 4 is 23.3 Å². The van der Waals surface area contributed by atoms with Crippen molar-refractivity contribution in [2.45, 2.75) is 20.3 Å². The number of rotatable bonds is 6. The van der Waals surface area contributed by atoms with Crippen molar-refractivity contribution in [2.24, 2.45) is 0 Å². The number of para-hydroxylation sites is 1. The summed E-state index contributed by atoms with van der Waals surface area (Å²) >= 11 is 0. The van der Waals surface area contributed by atoms with Gasteiger partial charge in [-0.3, -0.25) is 9.59 Å². The van der Waals surface area contributed by atoms with Gasteiger partial charge in [0.05, 0.1) is 17.7 Å². The van der Waals surface area contributed by atoms with Crippen molar-refractivity contribution in [1.29, 1.82) is 0 Å². The van der Waals surface area contributed by atoms with Gasteiger partial charge in [-0.05, 0) is 32.0 Å². The summed E-state index contributed by atoms with van der Waals surface area (Å²) < 4.78 is 1.60. The van der Waals surface area contributed by atoms with Crippen LogP contribution >= 0.6 is 0 Å². The SMILES string of the molecule is C=CCNC(=O)c1ccccc1NC(=O)Cc1nc2nc(C)cc(C)n2n1. The summed E-state index contributed by atoms with van der Waals surface area (Å²) in [6, 6.07) is 8.70. The van der Waals surface area contributed by atoms with Crippen LogP contribution in [0, 0.1) is 13.8 Å². The lowest BCUT2D eigenvalue weighted by Crippen LogP contribution is -2.25. The summed E-state index contributed by atoms with van der Waals surface area (Å²) in [5.41, 5.74) is 2.53. The van der Waals surface area contributed by atoms with E-state index in [9.17, 15) is 9.59 Å². The van der Waals surface area contributed by atoms with Gasteiger partial charge in [0.2, 0.25) is 5.91 Å². The first-order valence-electron chi connectivity index (χ1n) is 8.46. The fraction of sp³-hybridized carbons (Fsp3) is 0.211. The molecule has 0 atom stereocenters. The zero-order chi connectivity index (χ0) is 19.4. The van der Waals surface area contributed by atoms with Crippen LogP contribution in [0.3, 0.4) is 0 Å². The van der Waals surface area contributed by atoms with Crippen LogP contribution in [0.15, 0.2) is 43.0 Å². The molecule has 2 heterocycles. The second kappa shape index (κ2) is 7.77. The summed E-state index contributed by atoms with van der Waals surface area (Å²) in [5, 5.41) is 9.77. The van der Waals surface area contributed by atoms with Gasteiger partial charge in [0.25, 0.3) is 11.7 Å². The van der Waals surface area contributed by atoms with Crippen molar-refractivity contribution in [2.75, 3.05) is 11.9 Å². The Balaban J connectivity index is 1.76. The summed E-state index contributed by atoms with van der Waals surface area (Å²) in [6.07, 6.45) is 1.57. The second-order valence-corrected chi connectivity index (χ2v) is 6.05. The Bertz CT molecular complexity index is 1020. The first kappa shape index (κ1) is 18.2. The van der Waals surface area contributed by atoms with Crippen LogP contribution in [0.5, 0.6) is 0 Å². The van der Waals surface area contributed by atoms with Gasteiger partial charge in [0, 0.05) is 17.9 Å². The molecule has 2 N–H and O–H groups in total. The molecule has 0 saturated carbocycles. The molecule has 138 valence electrons. The highest BCUT2D eigenvalue weighted by molar-refractivity contribution is 6.04. The van der Waals surface area contributed by atoms with E-state index in [4.69, 9.17) is 0 Å². The van der Waals surface area contributed by atoms with Gasteiger partial charge >= 0.3 is 0 Å². The molecule has 27 heavy (non-hydrogen) atoms. The largest absolute Gasteiger partial charge is 0.349 e. The number of carbonyl (C=O) groups is 2. The highest BCUT2D eigenvalue weighted by Gasteiger charge is 2.15. The quantitative estimate of drug-likeness (QED) is 0.650. The molecule has 3 rings (SSSR count). The first-order chi connectivity index (χ1) is 13.0. The van der Waals surface area contributed by atoms with Crippen molar-refractivity contribution in [1.82, 2.24) is 24.9 Å². The van der Waals surface area contributed by atoms with E-state index in [0.717, 1.165) is 11.4 Å². The summed E-state index contributed by atoms with van der Waals surface area (Å²) in [5.74, 6) is 0.220. The number of nitrogens with one attached hydrogen (secondary N) is 2. The lowest BCUT2D eigenvalue weighted by atomic mass is 10.1. The standard InChI is InChI=1S/C19H20N6O2/c1-4-9-20-18(27)14-7-5-6-8-15(14)22-17(26)11-16-23-19-21-12(2)10-13(3)25(19)24-16/h4-8,10H,1,9,11H2,2-3H3,(H,20,27)(H,22,26). The van der Waals surface area contributed by atoms with E-state index in [2.05, 4.69) is 32.3 Å². The van der Waals surface area contributed by atoms with Gasteiger partial charge in [-0.2, -0.15) is 4.98 Å². The highest BCUT2D eigenvalue weighted by atomic mass is 16.2.